The van der Waals surface area contributed by atoms with Gasteiger partial charge in [0.15, 0.2) is 9.84 Å². The van der Waals surface area contributed by atoms with E-state index >= 15 is 0 Å². The summed E-state index contributed by atoms with van der Waals surface area (Å²) in [6, 6.07) is 6.71. The summed E-state index contributed by atoms with van der Waals surface area (Å²) in [7, 11) is -3.14. The van der Waals surface area contributed by atoms with E-state index in [2.05, 4.69) is 5.32 Å². The van der Waals surface area contributed by atoms with Gasteiger partial charge in [0.2, 0.25) is 5.91 Å². The average molecular weight is 281 g/mol. The molecule has 0 heterocycles. The lowest BCUT2D eigenvalue weighted by molar-refractivity contribution is -0.127. The minimum Gasteiger partial charge on any atom is -0.352 e. The summed E-state index contributed by atoms with van der Waals surface area (Å²) >= 11 is 0. The molecule has 0 radical (unpaired) electrons. The van der Waals surface area contributed by atoms with Gasteiger partial charge in [-0.05, 0) is 30.5 Å². The van der Waals surface area contributed by atoms with Crippen LogP contribution in [0.3, 0.4) is 0 Å². The summed E-state index contributed by atoms with van der Waals surface area (Å²) in [5, 5.41) is 2.88. The SMILES string of the molecule is CCS(=O)(=O)c1ccc(CNC(=O)C2CCC2)cc1. The smallest absolute Gasteiger partial charge is 0.223 e. The number of rotatable bonds is 5. The maximum atomic E-state index is 11.7. The second kappa shape index (κ2) is 5.74. The molecule has 104 valence electrons. The third-order valence-corrected chi connectivity index (χ3v) is 5.36. The predicted molar refractivity (Wildman–Crippen MR) is 73.4 cm³/mol. The van der Waals surface area contributed by atoms with Gasteiger partial charge in [0, 0.05) is 12.5 Å². The summed E-state index contributed by atoms with van der Waals surface area (Å²) in [4.78, 5) is 12.0. The van der Waals surface area contributed by atoms with Crippen LogP contribution in [0.1, 0.15) is 31.7 Å². The van der Waals surface area contributed by atoms with Crippen LogP contribution < -0.4 is 5.32 Å². The average Bonchev–Trinajstić information content (AvgIpc) is 2.35. The van der Waals surface area contributed by atoms with Gasteiger partial charge >= 0.3 is 0 Å². The van der Waals surface area contributed by atoms with Crippen LogP contribution in [0.25, 0.3) is 0 Å². The van der Waals surface area contributed by atoms with Crippen molar-refractivity contribution in [3.63, 3.8) is 0 Å². The molecule has 1 aromatic rings. The Morgan fingerprint density at radius 1 is 1.26 bits per heavy atom. The monoisotopic (exact) mass is 281 g/mol. The maximum absolute atomic E-state index is 11.7. The first-order valence-electron chi connectivity index (χ1n) is 6.62. The minimum atomic E-state index is -3.14. The molecule has 0 saturated heterocycles. The zero-order chi connectivity index (χ0) is 13.9. The summed E-state index contributed by atoms with van der Waals surface area (Å²) in [5.74, 6) is 0.390. The van der Waals surface area contributed by atoms with Crippen molar-refractivity contribution in [1.29, 1.82) is 0 Å². The van der Waals surface area contributed by atoms with E-state index in [0.29, 0.717) is 11.4 Å². The van der Waals surface area contributed by atoms with Crippen LogP contribution in [-0.2, 0) is 21.2 Å². The Labute approximate surface area is 114 Å². The van der Waals surface area contributed by atoms with Crippen LogP contribution in [0.15, 0.2) is 29.2 Å². The number of carbonyl (C=O) groups excluding carboxylic acids is 1. The lowest BCUT2D eigenvalue weighted by atomic mass is 9.85. The second-order valence-corrected chi connectivity index (χ2v) is 7.17. The Hall–Kier alpha value is -1.36. The highest BCUT2D eigenvalue weighted by atomic mass is 32.2. The molecule has 0 spiro atoms. The van der Waals surface area contributed by atoms with Gasteiger partial charge in [0.05, 0.1) is 10.6 Å². The highest BCUT2D eigenvalue weighted by molar-refractivity contribution is 7.91. The number of hydrogen-bond acceptors (Lipinski definition) is 3. The van der Waals surface area contributed by atoms with E-state index in [1.165, 1.54) is 0 Å². The van der Waals surface area contributed by atoms with Crippen molar-refractivity contribution in [1.82, 2.24) is 5.32 Å². The molecular formula is C14H19NO3S. The fourth-order valence-corrected chi connectivity index (χ4v) is 2.87. The molecule has 19 heavy (non-hydrogen) atoms. The second-order valence-electron chi connectivity index (χ2n) is 4.89. The van der Waals surface area contributed by atoms with Gasteiger partial charge in [-0.2, -0.15) is 0 Å². The molecule has 1 aliphatic carbocycles. The first-order valence-corrected chi connectivity index (χ1v) is 8.27. The van der Waals surface area contributed by atoms with E-state index in [4.69, 9.17) is 0 Å². The third kappa shape index (κ3) is 3.35. The normalized spacial score (nSPS) is 15.8. The molecule has 1 fully saturated rings. The number of benzene rings is 1. The highest BCUT2D eigenvalue weighted by Gasteiger charge is 2.24. The molecule has 0 unspecified atom stereocenters. The molecule has 1 saturated carbocycles. The highest BCUT2D eigenvalue weighted by Crippen LogP contribution is 2.26. The van der Waals surface area contributed by atoms with Crippen LogP contribution in [0.4, 0.5) is 0 Å². The fourth-order valence-electron chi connectivity index (χ4n) is 1.99. The molecule has 0 atom stereocenters. The minimum absolute atomic E-state index is 0.102. The van der Waals surface area contributed by atoms with Gasteiger partial charge < -0.3 is 5.32 Å². The summed E-state index contributed by atoms with van der Waals surface area (Å²) in [6.45, 7) is 2.09. The van der Waals surface area contributed by atoms with E-state index in [0.717, 1.165) is 24.8 Å². The molecule has 4 nitrogen and oxygen atoms in total. The molecule has 5 heteroatoms. The first kappa shape index (κ1) is 14.1. The summed E-state index contributed by atoms with van der Waals surface area (Å²) in [5.41, 5.74) is 0.919. The van der Waals surface area contributed by atoms with E-state index < -0.39 is 9.84 Å². The quantitative estimate of drug-likeness (QED) is 0.896. The Bertz CT molecular complexity index is 545. The van der Waals surface area contributed by atoms with Crippen molar-refractivity contribution in [3.05, 3.63) is 29.8 Å². The van der Waals surface area contributed by atoms with Crippen LogP contribution >= 0.6 is 0 Å². The lowest BCUT2D eigenvalue weighted by Gasteiger charge is -2.24. The van der Waals surface area contributed by atoms with E-state index in [-0.39, 0.29) is 17.6 Å². The molecule has 1 amide bonds. The Morgan fingerprint density at radius 3 is 2.37 bits per heavy atom. The first-order chi connectivity index (χ1) is 9.03. The maximum Gasteiger partial charge on any atom is 0.223 e. The van der Waals surface area contributed by atoms with Crippen LogP contribution in [-0.4, -0.2) is 20.1 Å². The zero-order valence-electron chi connectivity index (χ0n) is 11.1. The topological polar surface area (TPSA) is 63.2 Å². The Kier molecular flexibility index (Phi) is 4.24. The van der Waals surface area contributed by atoms with Crippen molar-refractivity contribution in [2.24, 2.45) is 5.92 Å². The molecule has 1 N–H and O–H groups in total. The fraction of sp³-hybridized carbons (Fsp3) is 0.500. The third-order valence-electron chi connectivity index (χ3n) is 3.61. The van der Waals surface area contributed by atoms with Crippen molar-refractivity contribution in [2.75, 3.05) is 5.75 Å². The number of hydrogen-bond donors (Lipinski definition) is 1. The molecule has 0 aromatic heterocycles. The van der Waals surface area contributed by atoms with Crippen molar-refractivity contribution >= 4 is 15.7 Å². The number of amides is 1. The Balaban J connectivity index is 1.93. The van der Waals surface area contributed by atoms with Gasteiger partial charge in [-0.1, -0.05) is 25.5 Å². The Morgan fingerprint density at radius 2 is 1.89 bits per heavy atom. The van der Waals surface area contributed by atoms with Crippen molar-refractivity contribution < 1.29 is 13.2 Å². The van der Waals surface area contributed by atoms with Crippen LogP contribution in [0, 0.1) is 5.92 Å². The van der Waals surface area contributed by atoms with Crippen molar-refractivity contribution in [2.45, 2.75) is 37.6 Å². The zero-order valence-corrected chi connectivity index (χ0v) is 11.9. The molecule has 1 aromatic carbocycles. The molecule has 0 bridgehead atoms. The van der Waals surface area contributed by atoms with Crippen molar-refractivity contribution in [3.8, 4) is 0 Å². The standard InChI is InChI=1S/C14H19NO3S/c1-2-19(17,18)13-8-6-11(7-9-13)10-15-14(16)12-4-3-5-12/h6-9,12H,2-5,10H2,1H3,(H,15,16). The lowest BCUT2D eigenvalue weighted by Crippen LogP contribution is -2.33. The summed E-state index contributed by atoms with van der Waals surface area (Å²) in [6.07, 6.45) is 3.11. The largest absolute Gasteiger partial charge is 0.352 e. The summed E-state index contributed by atoms with van der Waals surface area (Å²) < 4.78 is 23.3. The predicted octanol–water partition coefficient (Wildman–Crippen LogP) is 1.90. The number of carbonyl (C=O) groups is 1. The number of nitrogens with one attached hydrogen (secondary N) is 1. The molecule has 1 aliphatic rings. The van der Waals surface area contributed by atoms with Crippen LogP contribution in [0.2, 0.25) is 0 Å². The van der Waals surface area contributed by atoms with E-state index in [1.54, 1.807) is 31.2 Å². The number of sulfone groups is 1. The van der Waals surface area contributed by atoms with Gasteiger partial charge in [-0.3, -0.25) is 4.79 Å². The molecule has 0 aliphatic heterocycles. The van der Waals surface area contributed by atoms with Crippen LogP contribution in [0.5, 0.6) is 0 Å². The molecule has 2 rings (SSSR count). The molecular weight excluding hydrogens is 262 g/mol. The van der Waals surface area contributed by atoms with E-state index in [1.807, 2.05) is 0 Å². The van der Waals surface area contributed by atoms with Gasteiger partial charge in [0.1, 0.15) is 0 Å². The van der Waals surface area contributed by atoms with E-state index in [9.17, 15) is 13.2 Å². The van der Waals surface area contributed by atoms with Gasteiger partial charge in [0.25, 0.3) is 0 Å². The van der Waals surface area contributed by atoms with Gasteiger partial charge in [-0.25, -0.2) is 8.42 Å². The van der Waals surface area contributed by atoms with Gasteiger partial charge in [-0.15, -0.1) is 0 Å².